The van der Waals surface area contributed by atoms with Crippen molar-refractivity contribution >= 4 is 11.4 Å². The monoisotopic (exact) mass is 154 g/mol. The fraction of sp³-hybridized carbons (Fsp3) is 0. The Morgan fingerprint density at radius 1 is 1.33 bits per heavy atom. The molecule has 40 valence electrons. The maximum absolute atomic E-state index is 8.44. The van der Waals surface area contributed by atoms with Crippen LogP contribution in [0.4, 0.5) is 0 Å². The summed E-state index contributed by atoms with van der Waals surface area (Å²) in [5.74, 6) is 0. The van der Waals surface area contributed by atoms with Crippen LogP contribution >= 0.6 is 0 Å². The van der Waals surface area contributed by atoms with Crippen molar-refractivity contribution in [2.75, 3.05) is 0 Å². The first-order valence-electron chi connectivity index (χ1n) is 0.500. The summed E-state index contributed by atoms with van der Waals surface area (Å²) in [6.07, 6.45) is 0. The number of quaternary nitrogens is 1. The molecule has 0 rings (SSSR count). The largest absolute Gasteiger partial charge is 2.00 e. The summed E-state index contributed by atoms with van der Waals surface area (Å²) in [5.41, 5.74) is 0. The van der Waals surface area contributed by atoms with Gasteiger partial charge in [0.1, 0.15) is 0 Å². The molecule has 6 heteroatoms. The van der Waals surface area contributed by atoms with E-state index in [4.69, 9.17) is 13.3 Å². The van der Waals surface area contributed by atoms with Crippen LogP contribution in [0.25, 0.3) is 0 Å². The summed E-state index contributed by atoms with van der Waals surface area (Å²) in [7, 11) is 0. The smallest absolute Gasteiger partial charge is 0.784 e. The summed E-state index contributed by atoms with van der Waals surface area (Å²) in [5, 5.41) is 0. The van der Waals surface area contributed by atoms with E-state index >= 15 is 0 Å². The van der Waals surface area contributed by atoms with Crippen molar-refractivity contribution < 1.29 is 30.4 Å². The van der Waals surface area contributed by atoms with E-state index in [-0.39, 0.29) is 23.2 Å². The van der Waals surface area contributed by atoms with E-state index in [9.17, 15) is 0 Å². The Morgan fingerprint density at radius 2 is 1.33 bits per heavy atom. The molecule has 0 saturated carbocycles. The number of hydrogen-bond acceptors (Lipinski definition) is 3. The van der Waals surface area contributed by atoms with Crippen LogP contribution in [-0.4, -0.2) is 13.3 Å². The van der Waals surface area contributed by atoms with Crippen molar-refractivity contribution in [3.8, 4) is 0 Å². The third-order valence-corrected chi connectivity index (χ3v) is 0. The fourth-order valence-electron chi connectivity index (χ4n) is 0. The molecular weight excluding hydrogens is 150 g/mol. The molecule has 0 atom stereocenters. The van der Waals surface area contributed by atoms with Gasteiger partial charge in [0.15, 0.2) is 0 Å². The molecule has 6 heavy (non-hydrogen) atoms. The van der Waals surface area contributed by atoms with Crippen LogP contribution in [0.1, 0.15) is 0 Å². The molecule has 0 spiro atoms. The number of rotatable bonds is 0. The first-order chi connectivity index (χ1) is 1.73. The van der Waals surface area contributed by atoms with Crippen LogP contribution in [-0.2, 0) is 28.4 Å². The molecule has 0 fully saturated rings. The summed E-state index contributed by atoms with van der Waals surface area (Å²) >= 11 is -3.11. The van der Waals surface area contributed by atoms with Gasteiger partial charge in [-0.2, -0.15) is 0 Å². The first-order valence-corrected chi connectivity index (χ1v) is 1.50. The third-order valence-electron chi connectivity index (χ3n) is 0. The first kappa shape index (κ1) is 16.0. The minimum absolute atomic E-state index is 0. The van der Waals surface area contributed by atoms with Gasteiger partial charge in [-0.3, -0.25) is 4.21 Å². The van der Waals surface area contributed by atoms with Crippen molar-refractivity contribution in [2.45, 2.75) is 0 Å². The van der Waals surface area contributed by atoms with Crippen LogP contribution in [0.3, 0.4) is 0 Å². The molecule has 4 nitrogen and oxygen atoms in total. The van der Waals surface area contributed by atoms with E-state index in [1.54, 1.807) is 0 Å². The molecule has 0 aliphatic heterocycles. The Balaban J connectivity index is -0.0000000450. The zero-order valence-corrected chi connectivity index (χ0v) is 4.91. The molecule has 0 aliphatic carbocycles. The normalized spacial score (nSPS) is 5.83. The Labute approximate surface area is 48.5 Å². The van der Waals surface area contributed by atoms with Gasteiger partial charge in [-0.1, -0.05) is 0 Å². The zero-order valence-electron chi connectivity index (χ0n) is 2.99. The van der Waals surface area contributed by atoms with Gasteiger partial charge in [-0.25, -0.2) is 0 Å². The molecule has 0 heterocycles. The molecule has 0 radical (unpaired) electrons. The SMILES string of the molecule is O=S([O-])[O-].[Fe+2].[NH4+]. The van der Waals surface area contributed by atoms with Gasteiger partial charge in [-0.05, 0) is 0 Å². The van der Waals surface area contributed by atoms with Crippen LogP contribution in [0.15, 0.2) is 0 Å². The van der Waals surface area contributed by atoms with Crippen LogP contribution in [0, 0.1) is 0 Å². The van der Waals surface area contributed by atoms with Crippen LogP contribution < -0.4 is 6.15 Å². The number of hydrogen-bond donors (Lipinski definition) is 1. The summed E-state index contributed by atoms with van der Waals surface area (Å²) < 4.78 is 25.3. The average Bonchev–Trinajstić information content (AvgIpc) is 0.811. The standard InChI is InChI=1S/Fe.H3N.H2O3S/c;;1-4(2)3/h;1H3;(H2,1,2,3)/q+2;;/p-1. The van der Waals surface area contributed by atoms with Crippen molar-refractivity contribution in [3.63, 3.8) is 0 Å². The summed E-state index contributed by atoms with van der Waals surface area (Å²) in [6, 6.07) is 0. The van der Waals surface area contributed by atoms with Gasteiger partial charge in [0, 0.05) is 0 Å². The fourth-order valence-corrected chi connectivity index (χ4v) is 0. The van der Waals surface area contributed by atoms with Crippen LogP contribution in [0.5, 0.6) is 0 Å². The second-order valence-corrected chi connectivity index (χ2v) is 0.612. The molecule has 0 bridgehead atoms. The van der Waals surface area contributed by atoms with E-state index in [0.717, 1.165) is 0 Å². The van der Waals surface area contributed by atoms with E-state index in [2.05, 4.69) is 0 Å². The van der Waals surface area contributed by atoms with Gasteiger partial charge in [0.2, 0.25) is 0 Å². The summed E-state index contributed by atoms with van der Waals surface area (Å²) in [4.78, 5) is 0. The molecular formula is H4FeNO3S+. The predicted octanol–water partition coefficient (Wildman–Crippen LogP) is -0.630. The Bertz CT molecular complexity index is 33.8. The van der Waals surface area contributed by atoms with E-state index in [0.29, 0.717) is 0 Å². The molecule has 0 amide bonds. The topological polar surface area (TPSA) is 99.7 Å². The molecule has 4 N–H and O–H groups in total. The van der Waals surface area contributed by atoms with Gasteiger partial charge < -0.3 is 15.3 Å². The molecule has 0 aliphatic rings. The van der Waals surface area contributed by atoms with E-state index < -0.39 is 11.4 Å². The van der Waals surface area contributed by atoms with E-state index in [1.165, 1.54) is 0 Å². The molecule has 0 saturated heterocycles. The minimum atomic E-state index is -3.11. The predicted molar refractivity (Wildman–Crippen MR) is 15.7 cm³/mol. The van der Waals surface area contributed by atoms with Gasteiger partial charge >= 0.3 is 17.1 Å². The molecule has 0 aromatic rings. The van der Waals surface area contributed by atoms with Crippen molar-refractivity contribution in [1.82, 2.24) is 6.15 Å². The average molecular weight is 154 g/mol. The van der Waals surface area contributed by atoms with Crippen molar-refractivity contribution in [1.29, 1.82) is 0 Å². The Hall–Kier alpha value is 0.549. The van der Waals surface area contributed by atoms with Crippen molar-refractivity contribution in [2.24, 2.45) is 0 Å². The quantitative estimate of drug-likeness (QED) is 0.371. The molecule has 0 unspecified atom stereocenters. The minimum Gasteiger partial charge on any atom is -0.784 e. The van der Waals surface area contributed by atoms with Crippen LogP contribution in [0.2, 0.25) is 0 Å². The van der Waals surface area contributed by atoms with Crippen molar-refractivity contribution in [3.05, 3.63) is 0 Å². The second-order valence-electron chi connectivity index (χ2n) is 0.204. The zero-order chi connectivity index (χ0) is 3.58. The Morgan fingerprint density at radius 3 is 1.33 bits per heavy atom. The van der Waals surface area contributed by atoms with Gasteiger partial charge in [0.05, 0.1) is 0 Å². The van der Waals surface area contributed by atoms with E-state index in [1.807, 2.05) is 0 Å². The summed E-state index contributed by atoms with van der Waals surface area (Å²) in [6.45, 7) is 0. The third kappa shape index (κ3) is 190. The van der Waals surface area contributed by atoms with Gasteiger partial charge in [0.25, 0.3) is 0 Å². The molecule has 0 aromatic heterocycles. The second kappa shape index (κ2) is 9.12. The maximum Gasteiger partial charge on any atom is 2.00 e. The molecule has 0 aromatic carbocycles. The Kier molecular flexibility index (Phi) is 24.3. The maximum atomic E-state index is 8.44. The van der Waals surface area contributed by atoms with Gasteiger partial charge in [-0.15, -0.1) is 11.4 Å².